The molecule has 2 heterocycles. The van der Waals surface area contributed by atoms with Gasteiger partial charge in [-0.25, -0.2) is 4.79 Å². The van der Waals surface area contributed by atoms with E-state index in [1.165, 1.54) is 0 Å². The molecule has 2 aromatic rings. The number of allylic oxidation sites excluding steroid dienone is 3. The molecule has 0 radical (unpaired) electrons. The SMILES string of the molecule is CC1=C(C(=O)OC2CCCC2)[C@@H](c2cc3c(cc2Cl)OCO3)C2=C(C[C@H](c3ccc(Cl)cc3)CC2=O)N1. The number of ether oxygens (including phenoxy) is 3. The average molecular weight is 540 g/mol. The van der Waals surface area contributed by atoms with Crippen LogP contribution in [0, 0.1) is 0 Å². The third kappa shape index (κ3) is 4.51. The van der Waals surface area contributed by atoms with Gasteiger partial charge in [0.2, 0.25) is 6.79 Å². The highest BCUT2D eigenvalue weighted by atomic mass is 35.5. The number of hydrogen-bond donors (Lipinski definition) is 1. The van der Waals surface area contributed by atoms with Crippen molar-refractivity contribution in [3.05, 3.63) is 80.1 Å². The highest BCUT2D eigenvalue weighted by Gasteiger charge is 2.43. The quantitative estimate of drug-likeness (QED) is 0.443. The first-order valence-electron chi connectivity index (χ1n) is 12.7. The van der Waals surface area contributed by atoms with Crippen molar-refractivity contribution < 1.29 is 23.8 Å². The lowest BCUT2D eigenvalue weighted by Crippen LogP contribution is -2.36. The Kier molecular flexibility index (Phi) is 6.41. The molecule has 0 spiro atoms. The summed E-state index contributed by atoms with van der Waals surface area (Å²) in [5.74, 6) is 0.00408. The highest BCUT2D eigenvalue weighted by Crippen LogP contribution is 2.50. The molecule has 1 fully saturated rings. The van der Waals surface area contributed by atoms with E-state index in [1.54, 1.807) is 12.1 Å². The van der Waals surface area contributed by atoms with Crippen molar-refractivity contribution in [2.75, 3.05) is 6.79 Å². The molecule has 0 bridgehead atoms. The summed E-state index contributed by atoms with van der Waals surface area (Å²) in [6.07, 6.45) is 4.66. The van der Waals surface area contributed by atoms with Gasteiger partial charge in [-0.2, -0.15) is 0 Å². The normalized spacial score (nSPS) is 23.3. The van der Waals surface area contributed by atoms with Crippen LogP contribution in [0.25, 0.3) is 0 Å². The van der Waals surface area contributed by atoms with Gasteiger partial charge in [0.25, 0.3) is 0 Å². The Morgan fingerprint density at radius 3 is 2.46 bits per heavy atom. The van der Waals surface area contributed by atoms with Crippen LogP contribution in [0.4, 0.5) is 0 Å². The predicted molar refractivity (Wildman–Crippen MR) is 140 cm³/mol. The van der Waals surface area contributed by atoms with Crippen LogP contribution in [-0.4, -0.2) is 24.6 Å². The van der Waals surface area contributed by atoms with Crippen molar-refractivity contribution in [1.29, 1.82) is 0 Å². The Hall–Kier alpha value is -2.96. The number of halogens is 2. The second kappa shape index (κ2) is 9.73. The molecule has 2 aliphatic carbocycles. The fraction of sp³-hybridized carbons (Fsp3) is 0.379. The van der Waals surface area contributed by atoms with E-state index in [2.05, 4.69) is 5.32 Å². The molecule has 37 heavy (non-hydrogen) atoms. The molecule has 192 valence electrons. The van der Waals surface area contributed by atoms with Gasteiger partial charge in [-0.1, -0.05) is 35.3 Å². The summed E-state index contributed by atoms with van der Waals surface area (Å²) in [6, 6.07) is 11.1. The lowest BCUT2D eigenvalue weighted by molar-refractivity contribution is -0.144. The maximum absolute atomic E-state index is 13.8. The monoisotopic (exact) mass is 539 g/mol. The van der Waals surface area contributed by atoms with Crippen LogP contribution in [0.2, 0.25) is 10.0 Å². The third-order valence-electron chi connectivity index (χ3n) is 7.77. The summed E-state index contributed by atoms with van der Waals surface area (Å²) in [7, 11) is 0. The Morgan fingerprint density at radius 1 is 1.03 bits per heavy atom. The van der Waals surface area contributed by atoms with Crippen molar-refractivity contribution >= 4 is 35.0 Å². The first kappa shape index (κ1) is 24.4. The van der Waals surface area contributed by atoms with Gasteiger partial charge >= 0.3 is 5.97 Å². The van der Waals surface area contributed by atoms with Crippen molar-refractivity contribution in [3.63, 3.8) is 0 Å². The fourth-order valence-electron chi connectivity index (χ4n) is 5.97. The summed E-state index contributed by atoms with van der Waals surface area (Å²) >= 11 is 12.9. The van der Waals surface area contributed by atoms with Crippen LogP contribution in [-0.2, 0) is 14.3 Å². The van der Waals surface area contributed by atoms with E-state index < -0.39 is 11.9 Å². The van der Waals surface area contributed by atoms with E-state index in [9.17, 15) is 9.59 Å². The minimum Gasteiger partial charge on any atom is -0.459 e. The molecule has 4 aliphatic rings. The molecular weight excluding hydrogens is 513 g/mol. The molecule has 2 atom stereocenters. The maximum Gasteiger partial charge on any atom is 0.337 e. The Bertz CT molecular complexity index is 1340. The van der Waals surface area contributed by atoms with Crippen molar-refractivity contribution in [2.24, 2.45) is 0 Å². The van der Waals surface area contributed by atoms with E-state index in [1.807, 2.05) is 31.2 Å². The lowest BCUT2D eigenvalue weighted by Gasteiger charge is -2.37. The molecule has 6 nitrogen and oxygen atoms in total. The molecule has 1 N–H and O–H groups in total. The minimum atomic E-state index is -0.661. The molecule has 1 saturated carbocycles. The number of esters is 1. The molecule has 0 unspecified atom stereocenters. The Balaban J connectivity index is 1.43. The predicted octanol–water partition coefficient (Wildman–Crippen LogP) is 6.57. The van der Waals surface area contributed by atoms with E-state index in [-0.39, 0.29) is 24.6 Å². The zero-order valence-electron chi connectivity index (χ0n) is 20.4. The first-order chi connectivity index (χ1) is 17.9. The van der Waals surface area contributed by atoms with Gasteiger partial charge in [0.15, 0.2) is 17.3 Å². The number of dihydropyridines is 1. The van der Waals surface area contributed by atoms with Gasteiger partial charge in [-0.05, 0) is 74.3 Å². The molecule has 0 amide bonds. The number of carbonyl (C=O) groups is 2. The zero-order chi connectivity index (χ0) is 25.7. The van der Waals surface area contributed by atoms with Crippen LogP contribution >= 0.6 is 23.2 Å². The van der Waals surface area contributed by atoms with Crippen LogP contribution < -0.4 is 14.8 Å². The number of nitrogens with one attached hydrogen (secondary N) is 1. The second-order valence-corrected chi connectivity index (χ2v) is 11.0. The topological polar surface area (TPSA) is 73.9 Å². The molecular formula is C29H27Cl2NO5. The zero-order valence-corrected chi connectivity index (χ0v) is 22.0. The van der Waals surface area contributed by atoms with Gasteiger partial charge in [-0.3, -0.25) is 4.79 Å². The summed E-state index contributed by atoms with van der Waals surface area (Å²) in [6.45, 7) is 1.96. The van der Waals surface area contributed by atoms with Crippen LogP contribution in [0.15, 0.2) is 58.9 Å². The van der Waals surface area contributed by atoms with E-state index in [0.717, 1.165) is 36.9 Å². The largest absolute Gasteiger partial charge is 0.459 e. The Labute approximate surface area is 225 Å². The molecule has 8 heteroatoms. The van der Waals surface area contributed by atoms with Gasteiger partial charge in [0.05, 0.1) is 5.57 Å². The highest BCUT2D eigenvalue weighted by molar-refractivity contribution is 6.32. The number of carbonyl (C=O) groups excluding carboxylic acids is 2. The summed E-state index contributed by atoms with van der Waals surface area (Å²) in [5, 5.41) is 4.47. The summed E-state index contributed by atoms with van der Waals surface area (Å²) in [5.41, 5.74) is 4.15. The van der Waals surface area contributed by atoms with E-state index in [4.69, 9.17) is 37.4 Å². The summed E-state index contributed by atoms with van der Waals surface area (Å²) < 4.78 is 17.1. The molecule has 0 aromatic heterocycles. The van der Waals surface area contributed by atoms with Crippen LogP contribution in [0.1, 0.15) is 68.4 Å². The second-order valence-electron chi connectivity index (χ2n) is 10.1. The van der Waals surface area contributed by atoms with Crippen molar-refractivity contribution in [3.8, 4) is 11.5 Å². The van der Waals surface area contributed by atoms with E-state index in [0.29, 0.717) is 56.8 Å². The van der Waals surface area contributed by atoms with Gasteiger partial charge in [-0.15, -0.1) is 0 Å². The average Bonchev–Trinajstić information content (AvgIpc) is 3.54. The number of benzene rings is 2. The minimum absolute atomic E-state index is 0.00341. The lowest BCUT2D eigenvalue weighted by atomic mass is 9.71. The maximum atomic E-state index is 13.8. The smallest absolute Gasteiger partial charge is 0.337 e. The van der Waals surface area contributed by atoms with Crippen molar-refractivity contribution in [1.82, 2.24) is 5.32 Å². The molecule has 2 aliphatic heterocycles. The van der Waals surface area contributed by atoms with E-state index >= 15 is 0 Å². The number of rotatable bonds is 4. The standard InChI is InChI=1S/C29H27Cl2NO5/c1-15-26(29(34)37-19-4-2-3-5-19)27(20-12-24-25(13-21(20)31)36-14-35-24)28-22(32-15)10-17(11-23(28)33)16-6-8-18(30)9-7-16/h6-9,12-13,17,19,27,32H,2-5,10-11,14H2,1H3/t17-,27+/m0/s1. The first-order valence-corrected chi connectivity index (χ1v) is 13.4. The molecule has 6 rings (SSSR count). The van der Waals surface area contributed by atoms with Crippen LogP contribution in [0.5, 0.6) is 11.5 Å². The molecule has 0 saturated heterocycles. The number of fused-ring (bicyclic) bond motifs is 1. The van der Waals surface area contributed by atoms with Gasteiger partial charge < -0.3 is 19.5 Å². The third-order valence-corrected chi connectivity index (χ3v) is 8.35. The Morgan fingerprint density at radius 2 is 1.73 bits per heavy atom. The van der Waals surface area contributed by atoms with Gasteiger partial charge in [0.1, 0.15) is 6.10 Å². The number of Topliss-reactive ketones (excluding diaryl/α,β-unsaturated/α-hetero) is 1. The summed E-state index contributed by atoms with van der Waals surface area (Å²) in [4.78, 5) is 27.5. The number of ketones is 1. The number of hydrogen-bond acceptors (Lipinski definition) is 6. The van der Waals surface area contributed by atoms with Crippen molar-refractivity contribution in [2.45, 2.75) is 63.4 Å². The van der Waals surface area contributed by atoms with Crippen LogP contribution in [0.3, 0.4) is 0 Å². The molecule has 2 aromatic carbocycles. The van der Waals surface area contributed by atoms with Gasteiger partial charge in [0, 0.05) is 45.4 Å². The fourth-order valence-corrected chi connectivity index (χ4v) is 6.36.